The molecule has 0 fully saturated rings. The lowest BCUT2D eigenvalue weighted by atomic mass is 10.4. The van der Waals surface area contributed by atoms with Crippen molar-refractivity contribution in [2.45, 2.75) is 0 Å². The number of tetrazole rings is 1. The number of urea groups is 1. The van der Waals surface area contributed by atoms with Gasteiger partial charge in [-0.25, -0.2) is 24.7 Å². The summed E-state index contributed by atoms with van der Waals surface area (Å²) in [4.78, 5) is 29.5. The number of aromatic amines is 1. The Balaban J connectivity index is 2.09. The first-order valence-corrected chi connectivity index (χ1v) is 4.53. The number of carbonyl (C=O) groups is 2. The number of aromatic nitrogens is 6. The number of carbonyl (C=O) groups excluding carboxylic acids is 1. The highest BCUT2D eigenvalue weighted by Gasteiger charge is 2.15. The summed E-state index contributed by atoms with van der Waals surface area (Å²) in [6.45, 7) is 0. The van der Waals surface area contributed by atoms with Crippen molar-refractivity contribution in [3.8, 4) is 0 Å². The second-order valence-corrected chi connectivity index (χ2v) is 2.89. The highest BCUT2D eigenvalue weighted by molar-refractivity contribution is 6.01. The first-order chi connectivity index (χ1) is 8.66. The van der Waals surface area contributed by atoms with Crippen LogP contribution in [0.5, 0.6) is 0 Å². The zero-order valence-electron chi connectivity index (χ0n) is 8.65. The Morgan fingerprint density at radius 2 is 2.00 bits per heavy atom. The number of nitrogens with zero attached hydrogens (tertiary/aromatic N) is 5. The summed E-state index contributed by atoms with van der Waals surface area (Å²) in [5, 5.41) is 25.5. The Morgan fingerprint density at radius 3 is 2.67 bits per heavy atom. The summed E-state index contributed by atoms with van der Waals surface area (Å²) >= 11 is 0. The smallest absolute Gasteiger partial charge is 0.358 e. The van der Waals surface area contributed by atoms with Gasteiger partial charge in [0.2, 0.25) is 5.95 Å². The molecule has 0 saturated heterocycles. The van der Waals surface area contributed by atoms with Crippen molar-refractivity contribution in [2.75, 3.05) is 10.6 Å². The maximum Gasteiger partial charge on any atom is 0.358 e. The number of amides is 2. The zero-order valence-corrected chi connectivity index (χ0v) is 8.65. The minimum absolute atomic E-state index is 0.00765. The van der Waals surface area contributed by atoms with E-state index in [0.717, 1.165) is 0 Å². The molecule has 0 saturated carbocycles. The van der Waals surface area contributed by atoms with Gasteiger partial charge in [-0.1, -0.05) is 5.10 Å². The third-order valence-corrected chi connectivity index (χ3v) is 1.71. The molecule has 2 aromatic rings. The van der Waals surface area contributed by atoms with Crippen LogP contribution in [0.3, 0.4) is 0 Å². The molecular formula is C7H6N8O3. The van der Waals surface area contributed by atoms with Gasteiger partial charge in [0.05, 0.1) is 0 Å². The van der Waals surface area contributed by atoms with Crippen molar-refractivity contribution < 1.29 is 14.7 Å². The fraction of sp³-hybridized carbons (Fsp3) is 0. The van der Waals surface area contributed by atoms with Crippen LogP contribution in [0.1, 0.15) is 10.5 Å². The van der Waals surface area contributed by atoms with Gasteiger partial charge in [0, 0.05) is 12.4 Å². The Morgan fingerprint density at radius 1 is 1.22 bits per heavy atom. The maximum atomic E-state index is 11.5. The second kappa shape index (κ2) is 4.82. The maximum absolute atomic E-state index is 11.5. The van der Waals surface area contributed by atoms with E-state index in [2.05, 4.69) is 41.2 Å². The monoisotopic (exact) mass is 250 g/mol. The summed E-state index contributed by atoms with van der Waals surface area (Å²) < 4.78 is 0. The van der Waals surface area contributed by atoms with Gasteiger partial charge in [0.1, 0.15) is 0 Å². The van der Waals surface area contributed by atoms with E-state index in [0.29, 0.717) is 0 Å². The van der Waals surface area contributed by atoms with Crippen LogP contribution >= 0.6 is 0 Å². The Bertz CT molecular complexity index is 568. The van der Waals surface area contributed by atoms with Crippen molar-refractivity contribution in [3.63, 3.8) is 0 Å². The van der Waals surface area contributed by atoms with E-state index in [1.54, 1.807) is 0 Å². The van der Waals surface area contributed by atoms with E-state index in [4.69, 9.17) is 5.11 Å². The van der Waals surface area contributed by atoms with Gasteiger partial charge in [-0.3, -0.25) is 10.6 Å². The standard InChI is InChI=1S/C7H6N8O3/c16-5(17)3-4(9-2-1-8-3)10-7(18)11-6-12-14-15-13-6/h1-2H,(H,16,17)(H3,9,10,11,12,13,14,15,18). The first kappa shape index (κ1) is 11.4. The Labute approximate surface area is 98.6 Å². The third-order valence-electron chi connectivity index (χ3n) is 1.71. The predicted molar refractivity (Wildman–Crippen MR) is 55.8 cm³/mol. The highest BCUT2D eigenvalue weighted by atomic mass is 16.4. The summed E-state index contributed by atoms with van der Waals surface area (Å²) in [5.74, 6) is -1.48. The molecule has 0 aliphatic carbocycles. The molecule has 18 heavy (non-hydrogen) atoms. The molecule has 0 radical (unpaired) electrons. The molecule has 0 bridgehead atoms. The molecule has 92 valence electrons. The average Bonchev–Trinajstić information content (AvgIpc) is 2.82. The molecule has 11 nitrogen and oxygen atoms in total. The predicted octanol–water partition coefficient (Wildman–Crippen LogP) is -0.668. The van der Waals surface area contributed by atoms with Crippen LogP contribution in [0.25, 0.3) is 0 Å². The number of nitrogens with one attached hydrogen (secondary N) is 3. The van der Waals surface area contributed by atoms with E-state index in [1.165, 1.54) is 12.4 Å². The minimum atomic E-state index is -1.31. The normalized spacial score (nSPS) is 9.78. The number of anilines is 2. The number of carboxylic acid groups (broad SMARTS) is 1. The molecule has 2 heterocycles. The number of hydrogen-bond donors (Lipinski definition) is 4. The number of H-pyrrole nitrogens is 1. The molecule has 0 spiro atoms. The molecule has 2 amide bonds. The summed E-state index contributed by atoms with van der Waals surface area (Å²) in [6.07, 6.45) is 2.45. The lowest BCUT2D eigenvalue weighted by molar-refractivity contribution is 0.0691. The van der Waals surface area contributed by atoms with Crippen LogP contribution in [0.2, 0.25) is 0 Å². The van der Waals surface area contributed by atoms with Crippen LogP contribution in [0.15, 0.2) is 12.4 Å². The zero-order chi connectivity index (χ0) is 13.0. The van der Waals surface area contributed by atoms with Gasteiger partial charge in [-0.2, -0.15) is 0 Å². The Kier molecular flexibility index (Phi) is 3.04. The van der Waals surface area contributed by atoms with Crippen LogP contribution < -0.4 is 10.6 Å². The Hall–Kier alpha value is -3.11. The molecule has 0 atom stereocenters. The van der Waals surface area contributed by atoms with Crippen LogP contribution in [0, 0.1) is 0 Å². The van der Waals surface area contributed by atoms with E-state index in [9.17, 15) is 9.59 Å². The van der Waals surface area contributed by atoms with Gasteiger partial charge < -0.3 is 5.11 Å². The van der Waals surface area contributed by atoms with Gasteiger partial charge in [-0.15, -0.1) is 0 Å². The fourth-order valence-corrected chi connectivity index (χ4v) is 1.04. The van der Waals surface area contributed by atoms with Crippen molar-refractivity contribution in [1.29, 1.82) is 0 Å². The number of aromatic carboxylic acids is 1. The van der Waals surface area contributed by atoms with Gasteiger partial charge in [-0.05, 0) is 10.4 Å². The van der Waals surface area contributed by atoms with Gasteiger partial charge >= 0.3 is 12.0 Å². The largest absolute Gasteiger partial charge is 0.476 e. The fourth-order valence-electron chi connectivity index (χ4n) is 1.04. The molecule has 11 heteroatoms. The summed E-state index contributed by atoms with van der Waals surface area (Å²) in [5.41, 5.74) is -0.372. The van der Waals surface area contributed by atoms with Crippen molar-refractivity contribution in [2.24, 2.45) is 0 Å². The van der Waals surface area contributed by atoms with Crippen LogP contribution in [-0.4, -0.2) is 47.7 Å². The summed E-state index contributed by atoms with van der Waals surface area (Å²) in [6, 6.07) is -0.753. The molecule has 0 aliphatic heterocycles. The topological polar surface area (TPSA) is 159 Å². The van der Waals surface area contributed by atoms with E-state index < -0.39 is 12.0 Å². The molecule has 0 unspecified atom stereocenters. The molecule has 0 aromatic carbocycles. The highest BCUT2D eigenvalue weighted by Crippen LogP contribution is 2.08. The van der Waals surface area contributed by atoms with E-state index in [1.807, 2.05) is 0 Å². The van der Waals surface area contributed by atoms with Crippen molar-refractivity contribution >= 4 is 23.8 Å². The molecule has 2 aromatic heterocycles. The van der Waals surface area contributed by atoms with Gasteiger partial charge in [0.25, 0.3) is 0 Å². The van der Waals surface area contributed by atoms with E-state index >= 15 is 0 Å². The third kappa shape index (κ3) is 2.52. The number of carboxylic acids is 1. The SMILES string of the molecule is O=C(Nc1nnn[nH]1)Nc1nccnc1C(=O)O. The summed E-state index contributed by atoms with van der Waals surface area (Å²) in [7, 11) is 0. The average molecular weight is 250 g/mol. The van der Waals surface area contributed by atoms with Gasteiger partial charge in [0.15, 0.2) is 11.5 Å². The molecular weight excluding hydrogens is 244 g/mol. The molecule has 2 rings (SSSR count). The van der Waals surface area contributed by atoms with Crippen molar-refractivity contribution in [1.82, 2.24) is 30.6 Å². The van der Waals surface area contributed by atoms with Crippen LogP contribution in [0.4, 0.5) is 16.6 Å². The lowest BCUT2D eigenvalue weighted by Crippen LogP contribution is -2.23. The number of hydrogen-bond acceptors (Lipinski definition) is 7. The molecule has 0 aliphatic rings. The second-order valence-electron chi connectivity index (χ2n) is 2.89. The van der Waals surface area contributed by atoms with E-state index in [-0.39, 0.29) is 17.5 Å². The quantitative estimate of drug-likeness (QED) is 0.558. The molecule has 4 N–H and O–H groups in total. The van der Waals surface area contributed by atoms with Crippen molar-refractivity contribution in [3.05, 3.63) is 18.1 Å². The van der Waals surface area contributed by atoms with Crippen LogP contribution in [-0.2, 0) is 0 Å². The minimum Gasteiger partial charge on any atom is -0.476 e. The first-order valence-electron chi connectivity index (χ1n) is 4.53. The number of rotatable bonds is 3. The lowest BCUT2D eigenvalue weighted by Gasteiger charge is -2.05.